The van der Waals surface area contributed by atoms with E-state index < -0.39 is 0 Å². The minimum absolute atomic E-state index is 0.00724. The largest absolute Gasteiger partial charge is 0.496 e. The molecule has 1 aromatic rings. The molecular weight excluding hydrogens is 202 g/mol. The van der Waals surface area contributed by atoms with Crippen LogP contribution >= 0.6 is 0 Å². The summed E-state index contributed by atoms with van der Waals surface area (Å²) in [7, 11) is 1.69. The van der Waals surface area contributed by atoms with Gasteiger partial charge in [0.15, 0.2) is 0 Å². The first-order valence-corrected chi connectivity index (χ1v) is 5.57. The van der Waals surface area contributed by atoms with Gasteiger partial charge in [-0.3, -0.25) is 0 Å². The Labute approximate surface area is 97.0 Å². The average molecular weight is 223 g/mol. The molecule has 0 heterocycles. The van der Waals surface area contributed by atoms with Crippen LogP contribution in [0.2, 0.25) is 0 Å². The Kier molecular flexibility index (Phi) is 5.08. The van der Waals surface area contributed by atoms with Crippen molar-refractivity contribution in [2.45, 2.75) is 19.4 Å². The Balaban J connectivity index is 2.67. The van der Waals surface area contributed by atoms with Gasteiger partial charge in [-0.2, -0.15) is 0 Å². The Morgan fingerprint density at radius 3 is 2.75 bits per heavy atom. The van der Waals surface area contributed by atoms with Crippen molar-refractivity contribution in [3.05, 3.63) is 23.8 Å². The van der Waals surface area contributed by atoms with Crippen molar-refractivity contribution < 1.29 is 4.74 Å². The summed E-state index contributed by atoms with van der Waals surface area (Å²) in [5.41, 5.74) is 13.4. The Bertz CT molecular complexity index is 328. The highest BCUT2D eigenvalue weighted by atomic mass is 16.5. The molecule has 0 saturated carbocycles. The molecule has 1 aromatic carbocycles. The Morgan fingerprint density at radius 2 is 2.19 bits per heavy atom. The van der Waals surface area contributed by atoms with Crippen LogP contribution in [0.25, 0.3) is 0 Å². The van der Waals surface area contributed by atoms with E-state index in [1.807, 2.05) is 12.1 Å². The van der Waals surface area contributed by atoms with Gasteiger partial charge in [-0.1, -0.05) is 6.92 Å². The molecule has 0 aromatic heterocycles. The van der Waals surface area contributed by atoms with Gasteiger partial charge in [0.05, 0.1) is 7.11 Å². The van der Waals surface area contributed by atoms with Crippen molar-refractivity contribution >= 4 is 5.69 Å². The maximum atomic E-state index is 5.74. The van der Waals surface area contributed by atoms with E-state index in [0.717, 1.165) is 17.9 Å². The molecule has 0 radical (unpaired) electrons. The molecule has 4 nitrogen and oxygen atoms in total. The van der Waals surface area contributed by atoms with Gasteiger partial charge in [0, 0.05) is 24.8 Å². The molecule has 0 bridgehead atoms. The summed E-state index contributed by atoms with van der Waals surface area (Å²) in [6.07, 6.45) is 0.946. The van der Waals surface area contributed by atoms with Gasteiger partial charge in [-0.15, -0.1) is 0 Å². The van der Waals surface area contributed by atoms with Crippen LogP contribution < -0.4 is 21.5 Å². The lowest BCUT2D eigenvalue weighted by molar-refractivity contribution is 0.410. The lowest BCUT2D eigenvalue weighted by Crippen LogP contribution is -2.36. The second kappa shape index (κ2) is 6.35. The van der Waals surface area contributed by atoms with Crippen LogP contribution in [0.1, 0.15) is 12.5 Å². The van der Waals surface area contributed by atoms with E-state index in [1.54, 1.807) is 7.11 Å². The summed E-state index contributed by atoms with van der Waals surface area (Å²) in [6.45, 7) is 3.28. The molecule has 1 atom stereocenters. The zero-order valence-electron chi connectivity index (χ0n) is 9.99. The van der Waals surface area contributed by atoms with Crippen molar-refractivity contribution in [2.75, 3.05) is 25.5 Å². The first kappa shape index (κ1) is 12.8. The van der Waals surface area contributed by atoms with E-state index >= 15 is 0 Å². The number of nitrogens with two attached hydrogens (primary N) is 2. The van der Waals surface area contributed by atoms with Crippen LogP contribution in [0, 0.1) is 0 Å². The lowest BCUT2D eigenvalue weighted by Gasteiger charge is -2.13. The standard InChI is InChI=1S/C12H21N3O/c1-3-9-6-11(4-5-12(9)16-2)15-8-10(14)7-13/h4-6,10,15H,3,7-8,13-14H2,1-2H3. The molecule has 1 rings (SSSR count). The number of benzene rings is 1. The summed E-state index contributed by atoms with van der Waals surface area (Å²) in [5, 5.41) is 3.26. The number of aryl methyl sites for hydroxylation is 1. The second-order valence-electron chi connectivity index (χ2n) is 3.76. The van der Waals surface area contributed by atoms with Crippen molar-refractivity contribution in [3.63, 3.8) is 0 Å². The average Bonchev–Trinajstić information content (AvgIpc) is 2.35. The number of anilines is 1. The van der Waals surface area contributed by atoms with Crippen molar-refractivity contribution in [1.29, 1.82) is 0 Å². The van der Waals surface area contributed by atoms with E-state index in [2.05, 4.69) is 18.3 Å². The fourth-order valence-corrected chi connectivity index (χ4v) is 1.50. The van der Waals surface area contributed by atoms with Crippen molar-refractivity contribution in [3.8, 4) is 5.75 Å². The van der Waals surface area contributed by atoms with Gasteiger partial charge in [-0.05, 0) is 30.2 Å². The number of methoxy groups -OCH3 is 1. The minimum Gasteiger partial charge on any atom is -0.496 e. The van der Waals surface area contributed by atoms with Gasteiger partial charge >= 0.3 is 0 Å². The van der Waals surface area contributed by atoms with Gasteiger partial charge < -0.3 is 21.5 Å². The highest BCUT2D eigenvalue weighted by Crippen LogP contribution is 2.22. The molecule has 0 aliphatic rings. The third kappa shape index (κ3) is 3.40. The molecule has 0 spiro atoms. The minimum atomic E-state index is -0.00724. The van der Waals surface area contributed by atoms with Crippen LogP contribution in [-0.4, -0.2) is 26.2 Å². The predicted octanol–water partition coefficient (Wildman–Crippen LogP) is 0.956. The SMILES string of the molecule is CCc1cc(NCC(N)CN)ccc1OC. The quantitative estimate of drug-likeness (QED) is 0.671. The van der Waals surface area contributed by atoms with Crippen LogP contribution in [0.4, 0.5) is 5.69 Å². The van der Waals surface area contributed by atoms with Gasteiger partial charge in [0.2, 0.25) is 0 Å². The molecule has 5 N–H and O–H groups in total. The topological polar surface area (TPSA) is 73.3 Å². The Hall–Kier alpha value is -1.26. The van der Waals surface area contributed by atoms with E-state index in [0.29, 0.717) is 13.1 Å². The van der Waals surface area contributed by atoms with Gasteiger partial charge in [0.1, 0.15) is 5.75 Å². The summed E-state index contributed by atoms with van der Waals surface area (Å²) >= 11 is 0. The van der Waals surface area contributed by atoms with E-state index in [-0.39, 0.29) is 6.04 Å². The monoisotopic (exact) mass is 223 g/mol. The molecule has 90 valence electrons. The van der Waals surface area contributed by atoms with Gasteiger partial charge in [-0.25, -0.2) is 0 Å². The molecular formula is C12H21N3O. The first-order chi connectivity index (χ1) is 7.71. The van der Waals surface area contributed by atoms with E-state index in [1.165, 1.54) is 5.56 Å². The molecule has 0 aliphatic carbocycles. The van der Waals surface area contributed by atoms with E-state index in [9.17, 15) is 0 Å². The summed E-state index contributed by atoms with van der Waals surface area (Å²) < 4.78 is 5.27. The number of hydrogen-bond donors (Lipinski definition) is 3. The van der Waals surface area contributed by atoms with Crippen LogP contribution in [-0.2, 0) is 6.42 Å². The van der Waals surface area contributed by atoms with Crippen LogP contribution in [0.15, 0.2) is 18.2 Å². The lowest BCUT2D eigenvalue weighted by atomic mass is 10.1. The van der Waals surface area contributed by atoms with Crippen molar-refractivity contribution in [2.24, 2.45) is 11.5 Å². The molecule has 0 saturated heterocycles. The molecule has 1 unspecified atom stereocenters. The predicted molar refractivity (Wildman–Crippen MR) is 67.9 cm³/mol. The highest BCUT2D eigenvalue weighted by Gasteiger charge is 2.03. The fraction of sp³-hybridized carbons (Fsp3) is 0.500. The number of hydrogen-bond acceptors (Lipinski definition) is 4. The summed E-state index contributed by atoms with van der Waals surface area (Å²) in [4.78, 5) is 0. The Morgan fingerprint density at radius 1 is 1.44 bits per heavy atom. The second-order valence-corrected chi connectivity index (χ2v) is 3.76. The smallest absolute Gasteiger partial charge is 0.122 e. The maximum Gasteiger partial charge on any atom is 0.122 e. The number of rotatable bonds is 6. The van der Waals surface area contributed by atoms with Gasteiger partial charge in [0.25, 0.3) is 0 Å². The summed E-state index contributed by atoms with van der Waals surface area (Å²) in [5.74, 6) is 0.927. The normalized spacial score (nSPS) is 12.2. The van der Waals surface area contributed by atoms with Crippen LogP contribution in [0.5, 0.6) is 5.75 Å². The third-order valence-corrected chi connectivity index (χ3v) is 2.53. The highest BCUT2D eigenvalue weighted by molar-refractivity contribution is 5.51. The molecule has 0 amide bonds. The van der Waals surface area contributed by atoms with Crippen molar-refractivity contribution in [1.82, 2.24) is 0 Å². The summed E-state index contributed by atoms with van der Waals surface area (Å²) in [6, 6.07) is 6.03. The molecule has 4 heteroatoms. The molecule has 0 fully saturated rings. The van der Waals surface area contributed by atoms with Crippen LogP contribution in [0.3, 0.4) is 0 Å². The molecule has 0 aliphatic heterocycles. The first-order valence-electron chi connectivity index (χ1n) is 5.57. The third-order valence-electron chi connectivity index (χ3n) is 2.53. The zero-order chi connectivity index (χ0) is 12.0. The zero-order valence-corrected chi connectivity index (χ0v) is 9.99. The number of nitrogens with one attached hydrogen (secondary N) is 1. The van der Waals surface area contributed by atoms with E-state index in [4.69, 9.17) is 16.2 Å². The fourth-order valence-electron chi connectivity index (χ4n) is 1.50. The number of ether oxygens (including phenoxy) is 1. The maximum absolute atomic E-state index is 5.74. The molecule has 16 heavy (non-hydrogen) atoms.